The number of rotatable bonds is 4. The van der Waals surface area contributed by atoms with E-state index >= 15 is 0 Å². The van der Waals surface area contributed by atoms with E-state index in [0.717, 1.165) is 19.3 Å². The normalized spacial score (nSPS) is 28.0. The molecular weight excluding hydrogens is 340 g/mol. The van der Waals surface area contributed by atoms with Gasteiger partial charge in [0.25, 0.3) is 5.91 Å². The summed E-state index contributed by atoms with van der Waals surface area (Å²) < 4.78 is 32.6. The number of nitrogens with zero attached hydrogens (tertiary/aromatic N) is 1. The molecule has 25 heavy (non-hydrogen) atoms. The standard InChI is InChI=1S/C18H26N2O4S/c1-13-10-14(2)12-20(11-13)25(22,23)16-7-5-15(6-8-16)19-18(21)17-4-3-9-24-17/h5-8,13-14,17H,3-4,9-12H2,1-2H3,(H,19,21)/t13-,14-,17+/m1/s1. The van der Waals surface area contributed by atoms with E-state index in [9.17, 15) is 13.2 Å². The summed E-state index contributed by atoms with van der Waals surface area (Å²) in [5.74, 6) is 0.554. The lowest BCUT2D eigenvalue weighted by atomic mass is 9.94. The quantitative estimate of drug-likeness (QED) is 0.888. The summed E-state index contributed by atoms with van der Waals surface area (Å²) >= 11 is 0. The summed E-state index contributed by atoms with van der Waals surface area (Å²) in [5.41, 5.74) is 0.583. The summed E-state index contributed by atoms with van der Waals surface area (Å²) in [7, 11) is -3.49. The molecule has 2 aliphatic heterocycles. The first-order valence-electron chi connectivity index (χ1n) is 8.89. The molecule has 2 fully saturated rings. The van der Waals surface area contributed by atoms with Crippen molar-refractivity contribution in [3.05, 3.63) is 24.3 Å². The van der Waals surface area contributed by atoms with E-state index in [1.54, 1.807) is 28.6 Å². The molecule has 1 aromatic carbocycles. The van der Waals surface area contributed by atoms with Crippen LogP contribution in [0.5, 0.6) is 0 Å². The van der Waals surface area contributed by atoms with Crippen molar-refractivity contribution in [1.82, 2.24) is 4.31 Å². The van der Waals surface area contributed by atoms with E-state index in [2.05, 4.69) is 19.2 Å². The van der Waals surface area contributed by atoms with E-state index in [1.165, 1.54) is 0 Å². The predicted molar refractivity (Wildman–Crippen MR) is 95.7 cm³/mol. The second-order valence-corrected chi connectivity index (χ2v) is 9.22. The first-order valence-corrected chi connectivity index (χ1v) is 10.3. The number of hydrogen-bond donors (Lipinski definition) is 1. The van der Waals surface area contributed by atoms with Gasteiger partial charge in [-0.1, -0.05) is 13.8 Å². The van der Waals surface area contributed by atoms with E-state index in [0.29, 0.717) is 37.2 Å². The Hall–Kier alpha value is -1.44. The van der Waals surface area contributed by atoms with Crippen molar-refractivity contribution in [3.63, 3.8) is 0 Å². The van der Waals surface area contributed by atoms with Crippen LogP contribution in [0.2, 0.25) is 0 Å². The van der Waals surface area contributed by atoms with Gasteiger partial charge in [0, 0.05) is 25.4 Å². The van der Waals surface area contributed by atoms with E-state index in [1.807, 2.05) is 0 Å². The Morgan fingerprint density at radius 2 is 1.80 bits per heavy atom. The zero-order valence-corrected chi connectivity index (χ0v) is 15.6. The number of carbonyl (C=O) groups is 1. The van der Waals surface area contributed by atoms with Gasteiger partial charge < -0.3 is 10.1 Å². The van der Waals surface area contributed by atoms with Crippen molar-refractivity contribution in [2.24, 2.45) is 11.8 Å². The highest BCUT2D eigenvalue weighted by molar-refractivity contribution is 7.89. The van der Waals surface area contributed by atoms with Gasteiger partial charge in [-0.05, 0) is 55.4 Å². The molecule has 3 rings (SSSR count). The Balaban J connectivity index is 1.69. The van der Waals surface area contributed by atoms with Crippen LogP contribution in [0.15, 0.2) is 29.2 Å². The Morgan fingerprint density at radius 1 is 1.16 bits per heavy atom. The predicted octanol–water partition coefficient (Wildman–Crippen LogP) is 2.47. The Labute approximate surface area is 149 Å². The summed E-state index contributed by atoms with van der Waals surface area (Å²) in [6, 6.07) is 6.39. The van der Waals surface area contributed by atoms with Gasteiger partial charge in [-0.25, -0.2) is 8.42 Å². The number of ether oxygens (including phenoxy) is 1. The molecule has 0 unspecified atom stereocenters. The third-order valence-corrected chi connectivity index (χ3v) is 6.66. The number of piperidine rings is 1. The van der Waals surface area contributed by atoms with Gasteiger partial charge in [0.05, 0.1) is 4.90 Å². The minimum absolute atomic E-state index is 0.174. The average molecular weight is 366 g/mol. The second kappa shape index (κ2) is 7.43. The molecule has 1 N–H and O–H groups in total. The SMILES string of the molecule is C[C@@H]1C[C@@H](C)CN(S(=O)(=O)c2ccc(NC(=O)[C@@H]3CCCO3)cc2)C1. The lowest BCUT2D eigenvalue weighted by molar-refractivity contribution is -0.124. The van der Waals surface area contributed by atoms with Crippen LogP contribution >= 0.6 is 0 Å². The van der Waals surface area contributed by atoms with Crippen LogP contribution in [0.4, 0.5) is 5.69 Å². The molecule has 1 aromatic rings. The van der Waals surface area contributed by atoms with Crippen molar-refractivity contribution in [1.29, 1.82) is 0 Å². The van der Waals surface area contributed by atoms with Crippen molar-refractivity contribution < 1.29 is 17.9 Å². The fourth-order valence-electron chi connectivity index (χ4n) is 3.67. The van der Waals surface area contributed by atoms with Gasteiger partial charge in [-0.15, -0.1) is 0 Å². The van der Waals surface area contributed by atoms with Crippen LogP contribution in [0.25, 0.3) is 0 Å². The molecule has 0 saturated carbocycles. The summed E-state index contributed by atoms with van der Waals surface area (Å²) in [6.45, 7) is 5.90. The topological polar surface area (TPSA) is 75.7 Å². The maximum atomic E-state index is 12.8. The summed E-state index contributed by atoms with van der Waals surface area (Å²) in [5, 5.41) is 2.78. The van der Waals surface area contributed by atoms with Gasteiger partial charge in [-0.2, -0.15) is 4.31 Å². The fourth-order valence-corrected chi connectivity index (χ4v) is 5.35. The number of hydrogen-bond acceptors (Lipinski definition) is 4. The van der Waals surface area contributed by atoms with Gasteiger partial charge >= 0.3 is 0 Å². The average Bonchev–Trinajstić information content (AvgIpc) is 3.09. The van der Waals surface area contributed by atoms with Gasteiger partial charge in [0.2, 0.25) is 10.0 Å². The molecule has 0 radical (unpaired) electrons. The number of anilines is 1. The van der Waals surface area contributed by atoms with Crippen LogP contribution in [-0.4, -0.2) is 44.4 Å². The number of nitrogens with one attached hydrogen (secondary N) is 1. The Bertz CT molecular complexity index is 701. The van der Waals surface area contributed by atoms with E-state index in [-0.39, 0.29) is 10.8 Å². The van der Waals surface area contributed by atoms with Crippen molar-refractivity contribution >= 4 is 21.6 Å². The molecule has 7 heteroatoms. The smallest absolute Gasteiger partial charge is 0.253 e. The molecule has 2 saturated heterocycles. The van der Waals surface area contributed by atoms with Gasteiger partial charge in [0.1, 0.15) is 6.10 Å². The monoisotopic (exact) mass is 366 g/mol. The van der Waals surface area contributed by atoms with Crippen LogP contribution in [-0.2, 0) is 19.6 Å². The molecule has 1 amide bonds. The minimum atomic E-state index is -3.49. The third-order valence-electron chi connectivity index (χ3n) is 4.82. The molecule has 3 atom stereocenters. The van der Waals surface area contributed by atoms with Crippen LogP contribution in [0.1, 0.15) is 33.1 Å². The Morgan fingerprint density at radius 3 is 2.36 bits per heavy atom. The summed E-state index contributed by atoms with van der Waals surface area (Å²) in [6.07, 6.45) is 2.27. The van der Waals surface area contributed by atoms with Crippen molar-refractivity contribution in [2.45, 2.75) is 44.1 Å². The zero-order chi connectivity index (χ0) is 18.0. The molecule has 2 aliphatic rings. The Kier molecular flexibility index (Phi) is 5.46. The zero-order valence-electron chi connectivity index (χ0n) is 14.8. The molecular formula is C18H26N2O4S. The summed E-state index contributed by atoms with van der Waals surface area (Å²) in [4.78, 5) is 12.3. The van der Waals surface area contributed by atoms with Gasteiger partial charge in [-0.3, -0.25) is 4.79 Å². The maximum Gasteiger partial charge on any atom is 0.253 e. The van der Waals surface area contributed by atoms with Crippen LogP contribution in [0.3, 0.4) is 0 Å². The largest absolute Gasteiger partial charge is 0.368 e. The van der Waals surface area contributed by atoms with Crippen LogP contribution in [0, 0.1) is 11.8 Å². The molecule has 0 aromatic heterocycles. The highest BCUT2D eigenvalue weighted by Gasteiger charge is 2.31. The third kappa shape index (κ3) is 4.22. The molecule has 2 heterocycles. The molecule has 0 bridgehead atoms. The maximum absolute atomic E-state index is 12.8. The molecule has 0 aliphatic carbocycles. The lowest BCUT2D eigenvalue weighted by Crippen LogP contribution is -2.42. The fraction of sp³-hybridized carbons (Fsp3) is 0.611. The van der Waals surface area contributed by atoms with Gasteiger partial charge in [0.15, 0.2) is 0 Å². The molecule has 6 nitrogen and oxygen atoms in total. The number of amides is 1. The number of sulfonamides is 1. The minimum Gasteiger partial charge on any atom is -0.368 e. The lowest BCUT2D eigenvalue weighted by Gasteiger charge is -2.34. The van der Waals surface area contributed by atoms with Crippen LogP contribution < -0.4 is 5.32 Å². The molecule has 138 valence electrons. The number of carbonyl (C=O) groups excluding carboxylic acids is 1. The first kappa shape index (κ1) is 18.4. The van der Waals surface area contributed by atoms with E-state index < -0.39 is 16.1 Å². The number of benzene rings is 1. The highest BCUT2D eigenvalue weighted by atomic mass is 32.2. The van der Waals surface area contributed by atoms with E-state index in [4.69, 9.17) is 4.74 Å². The second-order valence-electron chi connectivity index (χ2n) is 7.28. The highest BCUT2D eigenvalue weighted by Crippen LogP contribution is 2.27. The van der Waals surface area contributed by atoms with Crippen molar-refractivity contribution in [2.75, 3.05) is 25.0 Å². The first-order chi connectivity index (χ1) is 11.9. The molecule has 0 spiro atoms. The van der Waals surface area contributed by atoms with Crippen molar-refractivity contribution in [3.8, 4) is 0 Å².